The molecule has 12 heteroatoms. The van der Waals surface area contributed by atoms with Crippen LogP contribution in [0.4, 0.5) is 18.3 Å². The van der Waals surface area contributed by atoms with Gasteiger partial charge in [-0.25, -0.2) is 9.97 Å². The molecular weight excluding hydrogens is 499 g/mol. The van der Waals surface area contributed by atoms with Crippen LogP contribution in [0.1, 0.15) is 23.7 Å². The van der Waals surface area contributed by atoms with Gasteiger partial charge in [-0.2, -0.15) is 13.2 Å². The highest BCUT2D eigenvalue weighted by molar-refractivity contribution is 7.26. The smallest absolute Gasteiger partial charge is 0.378 e. The Morgan fingerprint density at radius 3 is 2.60 bits per heavy atom. The zero-order valence-corrected chi connectivity index (χ0v) is 20.4. The van der Waals surface area contributed by atoms with Crippen molar-refractivity contribution in [3.05, 3.63) is 59.5 Å². The fraction of sp³-hybridized carbons (Fsp3) is 0.304. The van der Waals surface area contributed by atoms with Crippen LogP contribution in [-0.4, -0.2) is 35.6 Å². The van der Waals surface area contributed by atoms with Crippen LogP contribution in [0.5, 0.6) is 0 Å². The van der Waals surface area contributed by atoms with Crippen molar-refractivity contribution >= 4 is 43.9 Å². The molecule has 2 N–H and O–H groups in total. The van der Waals surface area contributed by atoms with Crippen LogP contribution < -0.4 is 15.6 Å². The molecule has 1 amide bonds. The topological polar surface area (TPSA) is 95.4 Å². The van der Waals surface area contributed by atoms with Gasteiger partial charge in [0.15, 0.2) is 9.83 Å². The van der Waals surface area contributed by atoms with Gasteiger partial charge < -0.3 is 10.5 Å². The number of halogens is 3. The number of thiazole rings is 2. The Labute approximate surface area is 207 Å². The molecule has 3 heterocycles. The molecule has 0 bridgehead atoms. The predicted molar refractivity (Wildman–Crippen MR) is 127 cm³/mol. The number of methoxy groups -OCH3 is 1. The zero-order valence-electron chi connectivity index (χ0n) is 18.8. The average Bonchev–Trinajstić information content (AvgIpc) is 3.41. The van der Waals surface area contributed by atoms with Crippen molar-refractivity contribution in [3.8, 4) is 9.88 Å². The van der Waals surface area contributed by atoms with Gasteiger partial charge in [-0.15, -0.1) is 0 Å². The summed E-state index contributed by atoms with van der Waals surface area (Å²) in [6, 6.07) is 6.14. The lowest BCUT2D eigenvalue weighted by Crippen LogP contribution is -2.41. The molecule has 1 aromatic carbocycles. The highest BCUT2D eigenvalue weighted by Gasteiger charge is 2.30. The Hall–Kier alpha value is -3.11. The van der Waals surface area contributed by atoms with Gasteiger partial charge in [0.1, 0.15) is 10.5 Å². The van der Waals surface area contributed by atoms with Gasteiger partial charge in [0.25, 0.3) is 0 Å². The number of rotatable bonds is 8. The second kappa shape index (κ2) is 10.2. The van der Waals surface area contributed by atoms with Crippen molar-refractivity contribution < 1.29 is 27.7 Å². The van der Waals surface area contributed by atoms with E-state index in [0.717, 1.165) is 32.2 Å². The van der Waals surface area contributed by atoms with Crippen molar-refractivity contribution in [3.63, 3.8) is 0 Å². The van der Waals surface area contributed by atoms with Gasteiger partial charge in [-0.1, -0.05) is 34.8 Å². The molecule has 1 atom stereocenters. The number of alkyl halides is 3. The van der Waals surface area contributed by atoms with E-state index in [0.29, 0.717) is 22.8 Å². The molecule has 182 valence electrons. The van der Waals surface area contributed by atoms with Gasteiger partial charge >= 0.3 is 18.6 Å². The number of nitrogens with two attached hydrogens (primary N) is 1. The maximum Gasteiger partial charge on any atom is 0.416 e. The van der Waals surface area contributed by atoms with Crippen LogP contribution in [0.3, 0.4) is 0 Å². The minimum Gasteiger partial charge on any atom is -0.378 e. The standard InChI is InChI=1S/C23H21F3N5O2S2/c1-13(32)31(11-16(27)9-14-3-5-15(6-4-14)23(24,25)26)22-30-18(12-33-2)20(35-22)21-29-17-7-8-28-10-19(17)34-21/h3-8,16H,9,11-12,27H2,1-2H3/q+1/t16-/m0/s1. The largest absolute Gasteiger partial charge is 0.416 e. The predicted octanol–water partition coefficient (Wildman–Crippen LogP) is 3.91. The van der Waals surface area contributed by atoms with Crippen LogP contribution in [0.25, 0.3) is 20.1 Å². The summed E-state index contributed by atoms with van der Waals surface area (Å²) in [4.78, 5) is 28.0. The molecule has 0 aliphatic heterocycles. The molecule has 0 fully saturated rings. The number of fused-ring (bicyclic) bond motifs is 1. The fourth-order valence-corrected chi connectivity index (χ4v) is 5.58. The van der Waals surface area contributed by atoms with Crippen LogP contribution in [0.2, 0.25) is 0 Å². The second-order valence-corrected chi connectivity index (χ2v) is 9.76. The summed E-state index contributed by atoms with van der Waals surface area (Å²) in [5.74, 6) is -0.251. The summed E-state index contributed by atoms with van der Waals surface area (Å²) in [6.45, 7) is 1.79. The molecule has 35 heavy (non-hydrogen) atoms. The first-order chi connectivity index (χ1) is 16.7. The number of aromatic nitrogens is 3. The zero-order chi connectivity index (χ0) is 25.2. The number of hydrogen-bond donors (Lipinski definition) is 1. The molecule has 0 unspecified atom stereocenters. The van der Waals surface area contributed by atoms with E-state index in [2.05, 4.69) is 21.1 Å². The lowest BCUT2D eigenvalue weighted by atomic mass is 10.0. The Morgan fingerprint density at radius 2 is 1.97 bits per heavy atom. The molecule has 0 aliphatic carbocycles. The van der Waals surface area contributed by atoms with E-state index < -0.39 is 17.8 Å². The Morgan fingerprint density at radius 1 is 1.23 bits per heavy atom. The van der Waals surface area contributed by atoms with E-state index in [9.17, 15) is 18.0 Å². The maximum atomic E-state index is 12.8. The van der Waals surface area contributed by atoms with Crippen LogP contribution in [0, 0.1) is 6.20 Å². The highest BCUT2D eigenvalue weighted by Crippen LogP contribution is 2.39. The first-order valence-corrected chi connectivity index (χ1v) is 12.1. The van der Waals surface area contributed by atoms with Gasteiger partial charge in [-0.05, 0) is 29.1 Å². The van der Waals surface area contributed by atoms with Crippen molar-refractivity contribution in [2.75, 3.05) is 18.6 Å². The molecule has 0 spiro atoms. The van der Waals surface area contributed by atoms with Crippen molar-refractivity contribution in [1.82, 2.24) is 9.97 Å². The first-order valence-electron chi connectivity index (χ1n) is 10.5. The second-order valence-electron chi connectivity index (χ2n) is 7.78. The number of amides is 1. The van der Waals surface area contributed by atoms with Gasteiger partial charge in [0, 0.05) is 32.7 Å². The fourth-order valence-electron chi connectivity index (χ4n) is 3.46. The van der Waals surface area contributed by atoms with E-state index in [-0.39, 0.29) is 19.1 Å². The number of benzene rings is 1. The van der Waals surface area contributed by atoms with Crippen LogP contribution in [0.15, 0.2) is 36.5 Å². The number of carbonyl (C=O) groups excluding carboxylic acids is 1. The highest BCUT2D eigenvalue weighted by atomic mass is 32.1. The molecule has 4 rings (SSSR count). The van der Waals surface area contributed by atoms with E-state index in [1.54, 1.807) is 19.4 Å². The molecule has 0 saturated heterocycles. The number of ether oxygens (including phenoxy) is 1. The third kappa shape index (κ3) is 5.76. The minimum atomic E-state index is -4.40. The number of anilines is 1. The monoisotopic (exact) mass is 520 g/mol. The molecule has 0 radical (unpaired) electrons. The summed E-state index contributed by atoms with van der Waals surface area (Å²) < 4.78 is 44.5. The minimum absolute atomic E-state index is 0.146. The lowest BCUT2D eigenvalue weighted by molar-refractivity contribution is -0.292. The number of nitrogens with zero attached hydrogens (tertiary/aromatic N) is 4. The van der Waals surface area contributed by atoms with E-state index in [1.807, 2.05) is 0 Å². The number of hydrogen-bond acceptors (Lipinski definition) is 7. The Bertz CT molecular complexity index is 1290. The number of carbonyl (C=O) groups is 1. The third-order valence-electron chi connectivity index (χ3n) is 5.10. The normalized spacial score (nSPS) is 12.5. The van der Waals surface area contributed by atoms with E-state index in [4.69, 9.17) is 10.5 Å². The molecule has 0 saturated carbocycles. The van der Waals surface area contributed by atoms with Crippen LogP contribution in [-0.2, 0) is 28.7 Å². The van der Waals surface area contributed by atoms with Crippen LogP contribution >= 0.6 is 22.7 Å². The van der Waals surface area contributed by atoms with E-state index >= 15 is 0 Å². The summed E-state index contributed by atoms with van der Waals surface area (Å²) in [6.07, 6.45) is 0.438. The molecular formula is C23H21F3N5O2S2+. The summed E-state index contributed by atoms with van der Waals surface area (Å²) in [5, 5.41) is 1.17. The quantitative estimate of drug-likeness (QED) is 0.379. The summed E-state index contributed by atoms with van der Waals surface area (Å²) >= 11 is 2.72. The molecule has 7 nitrogen and oxygen atoms in total. The van der Waals surface area contributed by atoms with Gasteiger partial charge in [0.05, 0.1) is 22.7 Å². The third-order valence-corrected chi connectivity index (χ3v) is 7.34. The maximum absolute atomic E-state index is 12.8. The first kappa shape index (κ1) is 25.0. The van der Waals surface area contributed by atoms with Crippen molar-refractivity contribution in [2.24, 2.45) is 5.73 Å². The summed E-state index contributed by atoms with van der Waals surface area (Å²) in [7, 11) is 1.56. The molecule has 0 aliphatic rings. The lowest BCUT2D eigenvalue weighted by Gasteiger charge is -2.22. The van der Waals surface area contributed by atoms with Gasteiger partial charge in [0.2, 0.25) is 5.91 Å². The van der Waals surface area contributed by atoms with Crippen molar-refractivity contribution in [2.45, 2.75) is 32.2 Å². The Balaban J connectivity index is 1.56. The summed E-state index contributed by atoms with van der Waals surface area (Å²) in [5.41, 5.74) is 7.62. The SMILES string of the molecule is COCc1nc(N(C[C@@H](N)Cc2ccc(C(F)(F)F)cc2)C(C)=O)sc1-c1nc2cc[n+]#cc2s1. The Kier molecular flexibility index (Phi) is 7.32. The molecule has 3 aromatic heterocycles. The van der Waals surface area contributed by atoms with Gasteiger partial charge in [-0.3, -0.25) is 9.69 Å². The average molecular weight is 521 g/mol. The van der Waals surface area contributed by atoms with E-state index in [1.165, 1.54) is 46.6 Å². The molecule has 4 aromatic rings. The van der Waals surface area contributed by atoms with Crippen molar-refractivity contribution in [1.29, 1.82) is 0 Å².